The second kappa shape index (κ2) is 4.90. The van der Waals surface area contributed by atoms with Gasteiger partial charge < -0.3 is 4.42 Å². The first-order valence-electron chi connectivity index (χ1n) is 6.01. The fourth-order valence-electron chi connectivity index (χ4n) is 1.85. The Hall–Kier alpha value is -2.06. The molecule has 1 heterocycles. The van der Waals surface area contributed by atoms with Gasteiger partial charge in [-0.1, -0.05) is 29.3 Å². The van der Waals surface area contributed by atoms with Crippen LogP contribution in [0.3, 0.4) is 0 Å². The van der Waals surface area contributed by atoms with Gasteiger partial charge in [0, 0.05) is 16.1 Å². The molecule has 94 valence electrons. The number of hydrogen-bond acceptors (Lipinski definition) is 2. The zero-order valence-corrected chi connectivity index (χ0v) is 11.2. The Labute approximate surface area is 116 Å². The van der Waals surface area contributed by atoms with Crippen molar-refractivity contribution in [2.75, 3.05) is 0 Å². The predicted octanol–water partition coefficient (Wildman–Crippen LogP) is 4.97. The molecule has 0 amide bonds. The van der Waals surface area contributed by atoms with Crippen LogP contribution >= 0.6 is 11.6 Å². The molecule has 0 atom stereocenters. The highest BCUT2D eigenvalue weighted by atomic mass is 35.5. The van der Waals surface area contributed by atoms with E-state index >= 15 is 0 Å². The second-order valence-corrected chi connectivity index (χ2v) is 4.84. The van der Waals surface area contributed by atoms with Crippen LogP contribution in [0.4, 0.5) is 0 Å². The van der Waals surface area contributed by atoms with Gasteiger partial charge in [0.2, 0.25) is 5.89 Å². The van der Waals surface area contributed by atoms with E-state index in [1.165, 1.54) is 5.56 Å². The van der Waals surface area contributed by atoms with E-state index < -0.39 is 0 Å². The summed E-state index contributed by atoms with van der Waals surface area (Å²) < 4.78 is 5.78. The fourth-order valence-corrected chi connectivity index (χ4v) is 1.98. The molecule has 0 aliphatic rings. The van der Waals surface area contributed by atoms with E-state index in [0.29, 0.717) is 10.9 Å². The molecule has 0 bridgehead atoms. The number of aryl methyl sites for hydroxylation is 1. The standard InChI is InChI=1S/C16H12ClNO/c1-11-2-4-13(5-3-11)16-18-10-15(19-16)12-6-8-14(17)9-7-12/h2-10H,1H3. The van der Waals surface area contributed by atoms with Gasteiger partial charge in [-0.25, -0.2) is 4.98 Å². The van der Waals surface area contributed by atoms with Crippen LogP contribution in [0.25, 0.3) is 22.8 Å². The summed E-state index contributed by atoms with van der Waals surface area (Å²) in [6.07, 6.45) is 1.73. The third-order valence-corrected chi connectivity index (χ3v) is 3.18. The van der Waals surface area contributed by atoms with E-state index in [9.17, 15) is 0 Å². The Balaban J connectivity index is 1.95. The maximum absolute atomic E-state index is 5.87. The average Bonchev–Trinajstić information content (AvgIpc) is 2.90. The number of benzene rings is 2. The van der Waals surface area contributed by atoms with Crippen LogP contribution in [0.1, 0.15) is 5.56 Å². The monoisotopic (exact) mass is 269 g/mol. The minimum absolute atomic E-state index is 0.630. The molecular formula is C16H12ClNO. The number of aromatic nitrogens is 1. The van der Waals surface area contributed by atoms with Gasteiger partial charge >= 0.3 is 0 Å². The molecule has 3 aromatic rings. The third kappa shape index (κ3) is 2.54. The molecule has 0 N–H and O–H groups in total. The molecule has 0 radical (unpaired) electrons. The van der Waals surface area contributed by atoms with Crippen molar-refractivity contribution in [2.45, 2.75) is 6.92 Å². The summed E-state index contributed by atoms with van der Waals surface area (Å²) in [7, 11) is 0. The van der Waals surface area contributed by atoms with Crippen LogP contribution in [-0.2, 0) is 0 Å². The van der Waals surface area contributed by atoms with E-state index in [4.69, 9.17) is 16.0 Å². The van der Waals surface area contributed by atoms with Crippen LogP contribution < -0.4 is 0 Å². The SMILES string of the molecule is Cc1ccc(-c2ncc(-c3ccc(Cl)cc3)o2)cc1. The van der Waals surface area contributed by atoms with E-state index in [1.54, 1.807) is 6.20 Å². The fraction of sp³-hybridized carbons (Fsp3) is 0.0625. The lowest BCUT2D eigenvalue weighted by Crippen LogP contribution is -1.77. The van der Waals surface area contributed by atoms with Crippen molar-refractivity contribution >= 4 is 11.6 Å². The summed E-state index contributed by atoms with van der Waals surface area (Å²) in [5.41, 5.74) is 3.16. The Bertz CT molecular complexity index is 624. The molecule has 0 saturated heterocycles. The van der Waals surface area contributed by atoms with Gasteiger partial charge in [-0.2, -0.15) is 0 Å². The van der Waals surface area contributed by atoms with E-state index in [0.717, 1.165) is 16.9 Å². The lowest BCUT2D eigenvalue weighted by molar-refractivity contribution is 0.589. The zero-order valence-electron chi connectivity index (χ0n) is 10.4. The predicted molar refractivity (Wildman–Crippen MR) is 77.1 cm³/mol. The topological polar surface area (TPSA) is 26.0 Å². The quantitative estimate of drug-likeness (QED) is 0.656. The molecular weight excluding hydrogens is 258 g/mol. The molecule has 2 nitrogen and oxygen atoms in total. The maximum Gasteiger partial charge on any atom is 0.226 e. The van der Waals surface area contributed by atoms with Crippen molar-refractivity contribution < 1.29 is 4.42 Å². The molecule has 3 heteroatoms. The molecule has 2 aromatic carbocycles. The Morgan fingerprint density at radius 3 is 2.21 bits per heavy atom. The average molecular weight is 270 g/mol. The Kier molecular flexibility index (Phi) is 3.10. The second-order valence-electron chi connectivity index (χ2n) is 4.40. The van der Waals surface area contributed by atoms with Gasteiger partial charge in [-0.3, -0.25) is 0 Å². The van der Waals surface area contributed by atoms with Gasteiger partial charge in [0.25, 0.3) is 0 Å². The normalized spacial score (nSPS) is 10.6. The summed E-state index contributed by atoms with van der Waals surface area (Å²) in [5, 5.41) is 0.710. The van der Waals surface area contributed by atoms with Crippen LogP contribution in [-0.4, -0.2) is 4.98 Å². The van der Waals surface area contributed by atoms with Crippen LogP contribution in [0, 0.1) is 6.92 Å². The molecule has 1 aromatic heterocycles. The summed E-state index contributed by atoms with van der Waals surface area (Å²) in [6, 6.07) is 15.6. The van der Waals surface area contributed by atoms with Crippen molar-refractivity contribution in [1.29, 1.82) is 0 Å². The summed E-state index contributed by atoms with van der Waals surface area (Å²) in [5.74, 6) is 1.37. The minimum Gasteiger partial charge on any atom is -0.436 e. The van der Waals surface area contributed by atoms with Crippen molar-refractivity contribution in [1.82, 2.24) is 4.98 Å². The Morgan fingerprint density at radius 2 is 1.53 bits per heavy atom. The third-order valence-electron chi connectivity index (χ3n) is 2.93. The molecule has 0 saturated carbocycles. The van der Waals surface area contributed by atoms with Gasteiger partial charge in [0.1, 0.15) is 0 Å². The molecule has 19 heavy (non-hydrogen) atoms. The zero-order chi connectivity index (χ0) is 13.2. The van der Waals surface area contributed by atoms with E-state index in [2.05, 4.69) is 11.9 Å². The first-order valence-corrected chi connectivity index (χ1v) is 6.39. The van der Waals surface area contributed by atoms with Gasteiger partial charge in [0.05, 0.1) is 6.20 Å². The highest BCUT2D eigenvalue weighted by Crippen LogP contribution is 2.26. The molecule has 0 spiro atoms. The minimum atomic E-state index is 0.630. The Morgan fingerprint density at radius 1 is 0.895 bits per heavy atom. The first-order chi connectivity index (χ1) is 9.22. The van der Waals surface area contributed by atoms with E-state index in [-0.39, 0.29) is 0 Å². The number of oxazole rings is 1. The van der Waals surface area contributed by atoms with E-state index in [1.807, 2.05) is 48.5 Å². The highest BCUT2D eigenvalue weighted by Gasteiger charge is 2.08. The number of halogens is 1. The largest absolute Gasteiger partial charge is 0.436 e. The van der Waals surface area contributed by atoms with Crippen molar-refractivity contribution in [2.24, 2.45) is 0 Å². The number of rotatable bonds is 2. The van der Waals surface area contributed by atoms with Crippen molar-refractivity contribution in [3.8, 4) is 22.8 Å². The number of hydrogen-bond donors (Lipinski definition) is 0. The molecule has 0 aliphatic heterocycles. The smallest absolute Gasteiger partial charge is 0.226 e. The van der Waals surface area contributed by atoms with Gasteiger partial charge in [-0.05, 0) is 43.3 Å². The van der Waals surface area contributed by atoms with Gasteiger partial charge in [0.15, 0.2) is 5.76 Å². The molecule has 0 unspecified atom stereocenters. The maximum atomic E-state index is 5.87. The van der Waals surface area contributed by atoms with Crippen LogP contribution in [0.5, 0.6) is 0 Å². The lowest BCUT2D eigenvalue weighted by atomic mass is 10.1. The lowest BCUT2D eigenvalue weighted by Gasteiger charge is -1.98. The van der Waals surface area contributed by atoms with Crippen LogP contribution in [0.2, 0.25) is 5.02 Å². The highest BCUT2D eigenvalue weighted by molar-refractivity contribution is 6.30. The van der Waals surface area contributed by atoms with Crippen molar-refractivity contribution in [3.05, 3.63) is 65.3 Å². The van der Waals surface area contributed by atoms with Gasteiger partial charge in [-0.15, -0.1) is 0 Å². The first kappa shape index (κ1) is 12.0. The molecule has 0 fully saturated rings. The summed E-state index contributed by atoms with van der Waals surface area (Å²) in [4.78, 5) is 4.32. The summed E-state index contributed by atoms with van der Waals surface area (Å²) >= 11 is 5.87. The number of nitrogens with zero attached hydrogens (tertiary/aromatic N) is 1. The van der Waals surface area contributed by atoms with Crippen molar-refractivity contribution in [3.63, 3.8) is 0 Å². The molecule has 0 aliphatic carbocycles. The van der Waals surface area contributed by atoms with Crippen LogP contribution in [0.15, 0.2) is 59.1 Å². The molecule has 3 rings (SSSR count). The summed E-state index contributed by atoms with van der Waals surface area (Å²) in [6.45, 7) is 2.05.